The molecule has 6 heteroatoms. The minimum atomic E-state index is -0.156. The Kier molecular flexibility index (Phi) is 3.99. The van der Waals surface area contributed by atoms with Crippen LogP contribution in [-0.2, 0) is 4.74 Å². The van der Waals surface area contributed by atoms with E-state index in [4.69, 9.17) is 9.47 Å². The molecule has 2 heterocycles. The molecule has 1 aliphatic rings. The molecule has 1 N–H and O–H groups in total. The number of pyridine rings is 1. The first-order valence-corrected chi connectivity index (χ1v) is 5.87. The van der Waals surface area contributed by atoms with Gasteiger partial charge in [0.05, 0.1) is 19.8 Å². The first-order valence-electron chi connectivity index (χ1n) is 5.87. The van der Waals surface area contributed by atoms with Crippen LogP contribution in [-0.4, -0.2) is 48.8 Å². The molecule has 1 aliphatic heterocycles. The highest BCUT2D eigenvalue weighted by Gasteiger charge is 2.22. The summed E-state index contributed by atoms with van der Waals surface area (Å²) in [4.78, 5) is 17.8. The van der Waals surface area contributed by atoms with Gasteiger partial charge in [-0.25, -0.2) is 9.78 Å². The number of hydrogen-bond donors (Lipinski definition) is 1. The zero-order chi connectivity index (χ0) is 13.0. The molecular formula is C12H17N3O3. The van der Waals surface area contributed by atoms with Gasteiger partial charge in [0.15, 0.2) is 0 Å². The molecule has 2 amide bonds. The Bertz CT molecular complexity index is 425. The summed E-state index contributed by atoms with van der Waals surface area (Å²) in [7, 11) is 1.52. The molecule has 1 saturated heterocycles. The van der Waals surface area contributed by atoms with Crippen LogP contribution in [0.25, 0.3) is 0 Å². The molecule has 0 aliphatic carbocycles. The fourth-order valence-corrected chi connectivity index (χ4v) is 1.85. The summed E-state index contributed by atoms with van der Waals surface area (Å²) in [5, 5.41) is 2.80. The van der Waals surface area contributed by atoms with E-state index in [9.17, 15) is 4.79 Å². The summed E-state index contributed by atoms with van der Waals surface area (Å²) in [5.41, 5.74) is 0.573. The quantitative estimate of drug-likeness (QED) is 0.861. The van der Waals surface area contributed by atoms with Gasteiger partial charge < -0.3 is 19.7 Å². The van der Waals surface area contributed by atoms with Crippen molar-refractivity contribution >= 4 is 11.7 Å². The van der Waals surface area contributed by atoms with Crippen LogP contribution in [0.1, 0.15) is 6.92 Å². The molecule has 0 bridgehead atoms. The van der Waals surface area contributed by atoms with Crippen molar-refractivity contribution in [2.75, 3.05) is 32.1 Å². The van der Waals surface area contributed by atoms with Crippen LogP contribution < -0.4 is 10.1 Å². The van der Waals surface area contributed by atoms with E-state index in [-0.39, 0.29) is 12.1 Å². The van der Waals surface area contributed by atoms with E-state index in [2.05, 4.69) is 10.3 Å². The third-order valence-electron chi connectivity index (χ3n) is 2.73. The van der Waals surface area contributed by atoms with Crippen LogP contribution in [0.3, 0.4) is 0 Å². The molecule has 2 rings (SSSR count). The average molecular weight is 251 g/mol. The molecule has 1 aromatic rings. The van der Waals surface area contributed by atoms with Crippen LogP contribution in [0.2, 0.25) is 0 Å². The highest BCUT2D eigenvalue weighted by atomic mass is 16.5. The van der Waals surface area contributed by atoms with Crippen molar-refractivity contribution < 1.29 is 14.3 Å². The summed E-state index contributed by atoms with van der Waals surface area (Å²) in [6.07, 6.45) is 1.69. The number of nitrogens with zero attached hydrogens (tertiary/aromatic N) is 2. The van der Waals surface area contributed by atoms with Crippen molar-refractivity contribution in [3.63, 3.8) is 0 Å². The zero-order valence-electron chi connectivity index (χ0n) is 10.5. The maximum Gasteiger partial charge on any atom is 0.322 e. The number of urea groups is 1. The standard InChI is InChI=1S/C12H17N3O3/c1-9-8-15(6-7-18-9)12(16)14-10-4-3-5-13-11(10)17-2/h3-5,9H,6-8H2,1-2H3,(H,14,16). The Morgan fingerprint density at radius 1 is 1.67 bits per heavy atom. The second kappa shape index (κ2) is 5.68. The number of ether oxygens (including phenoxy) is 2. The fourth-order valence-electron chi connectivity index (χ4n) is 1.85. The van der Waals surface area contributed by atoms with E-state index in [1.807, 2.05) is 6.92 Å². The van der Waals surface area contributed by atoms with Crippen molar-refractivity contribution in [1.29, 1.82) is 0 Å². The molecule has 0 aromatic carbocycles. The summed E-state index contributed by atoms with van der Waals surface area (Å²) in [5.74, 6) is 0.409. The van der Waals surface area contributed by atoms with Gasteiger partial charge in [0.1, 0.15) is 5.69 Å². The van der Waals surface area contributed by atoms with E-state index < -0.39 is 0 Å². The molecular weight excluding hydrogens is 234 g/mol. The summed E-state index contributed by atoms with van der Waals surface area (Å²) >= 11 is 0. The number of methoxy groups -OCH3 is 1. The van der Waals surface area contributed by atoms with Gasteiger partial charge in [0.2, 0.25) is 5.88 Å². The number of anilines is 1. The molecule has 0 radical (unpaired) electrons. The molecule has 6 nitrogen and oxygen atoms in total. The first-order chi connectivity index (χ1) is 8.70. The lowest BCUT2D eigenvalue weighted by Crippen LogP contribution is -2.46. The highest BCUT2D eigenvalue weighted by molar-refractivity contribution is 5.90. The van der Waals surface area contributed by atoms with Gasteiger partial charge in [-0.1, -0.05) is 0 Å². The van der Waals surface area contributed by atoms with Gasteiger partial charge in [-0.3, -0.25) is 0 Å². The van der Waals surface area contributed by atoms with Crippen molar-refractivity contribution in [1.82, 2.24) is 9.88 Å². The van der Waals surface area contributed by atoms with E-state index in [0.717, 1.165) is 0 Å². The first kappa shape index (κ1) is 12.6. The van der Waals surface area contributed by atoms with Crippen LogP contribution in [0.15, 0.2) is 18.3 Å². The maximum absolute atomic E-state index is 12.1. The Labute approximate surface area is 106 Å². The molecule has 1 fully saturated rings. The molecule has 1 unspecified atom stereocenters. The number of carbonyl (C=O) groups is 1. The lowest BCUT2D eigenvalue weighted by atomic mass is 10.3. The van der Waals surface area contributed by atoms with Gasteiger partial charge in [-0.2, -0.15) is 0 Å². The van der Waals surface area contributed by atoms with E-state index >= 15 is 0 Å². The Morgan fingerprint density at radius 3 is 3.22 bits per heavy atom. The second-order valence-corrected chi connectivity index (χ2v) is 4.12. The number of carbonyl (C=O) groups excluding carboxylic acids is 1. The summed E-state index contributed by atoms with van der Waals surface area (Å²) in [6.45, 7) is 3.70. The van der Waals surface area contributed by atoms with Gasteiger partial charge in [-0.15, -0.1) is 0 Å². The number of hydrogen-bond acceptors (Lipinski definition) is 4. The fraction of sp³-hybridized carbons (Fsp3) is 0.500. The number of rotatable bonds is 2. The lowest BCUT2D eigenvalue weighted by Gasteiger charge is -2.31. The van der Waals surface area contributed by atoms with E-state index in [1.165, 1.54) is 7.11 Å². The van der Waals surface area contributed by atoms with E-state index in [0.29, 0.717) is 31.3 Å². The number of aromatic nitrogens is 1. The van der Waals surface area contributed by atoms with Gasteiger partial charge in [0.25, 0.3) is 0 Å². The monoisotopic (exact) mass is 251 g/mol. The van der Waals surface area contributed by atoms with Crippen molar-refractivity contribution in [2.45, 2.75) is 13.0 Å². The minimum absolute atomic E-state index is 0.0697. The zero-order valence-corrected chi connectivity index (χ0v) is 10.5. The van der Waals surface area contributed by atoms with Gasteiger partial charge in [0, 0.05) is 19.3 Å². The van der Waals surface area contributed by atoms with Crippen LogP contribution >= 0.6 is 0 Å². The highest BCUT2D eigenvalue weighted by Crippen LogP contribution is 2.20. The minimum Gasteiger partial charge on any atom is -0.480 e. The SMILES string of the molecule is COc1ncccc1NC(=O)N1CCOC(C)C1. The topological polar surface area (TPSA) is 63.7 Å². The smallest absolute Gasteiger partial charge is 0.322 e. The number of nitrogens with one attached hydrogen (secondary N) is 1. The van der Waals surface area contributed by atoms with E-state index in [1.54, 1.807) is 23.2 Å². The number of morpholine rings is 1. The predicted molar refractivity (Wildman–Crippen MR) is 66.8 cm³/mol. The Balaban J connectivity index is 2.02. The third-order valence-corrected chi connectivity index (χ3v) is 2.73. The number of amides is 2. The van der Waals surface area contributed by atoms with Gasteiger partial charge >= 0.3 is 6.03 Å². The lowest BCUT2D eigenvalue weighted by molar-refractivity contribution is -0.00139. The third kappa shape index (κ3) is 2.89. The summed E-state index contributed by atoms with van der Waals surface area (Å²) in [6, 6.07) is 3.35. The Hall–Kier alpha value is -1.82. The second-order valence-electron chi connectivity index (χ2n) is 4.12. The van der Waals surface area contributed by atoms with Crippen LogP contribution in [0, 0.1) is 0 Å². The maximum atomic E-state index is 12.1. The predicted octanol–water partition coefficient (Wildman–Crippen LogP) is 1.34. The molecule has 1 atom stereocenters. The van der Waals surface area contributed by atoms with Crippen LogP contribution in [0.4, 0.5) is 10.5 Å². The molecule has 1 aromatic heterocycles. The van der Waals surface area contributed by atoms with Gasteiger partial charge in [-0.05, 0) is 19.1 Å². The largest absolute Gasteiger partial charge is 0.480 e. The molecule has 18 heavy (non-hydrogen) atoms. The Morgan fingerprint density at radius 2 is 2.50 bits per heavy atom. The molecule has 0 spiro atoms. The van der Waals surface area contributed by atoms with Crippen molar-refractivity contribution in [2.24, 2.45) is 0 Å². The molecule has 0 saturated carbocycles. The average Bonchev–Trinajstić information content (AvgIpc) is 2.39. The van der Waals surface area contributed by atoms with Crippen molar-refractivity contribution in [3.8, 4) is 5.88 Å². The summed E-state index contributed by atoms with van der Waals surface area (Å²) < 4.78 is 10.5. The molecule has 98 valence electrons. The van der Waals surface area contributed by atoms with Crippen LogP contribution in [0.5, 0.6) is 5.88 Å². The normalized spacial score (nSPS) is 19.4. The van der Waals surface area contributed by atoms with Crippen molar-refractivity contribution in [3.05, 3.63) is 18.3 Å².